The lowest BCUT2D eigenvalue weighted by Crippen LogP contribution is -2.04. The number of aromatic nitrogens is 1. The van der Waals surface area contributed by atoms with E-state index in [4.69, 9.17) is 11.0 Å². The zero-order valence-electron chi connectivity index (χ0n) is 10.6. The van der Waals surface area contributed by atoms with Gasteiger partial charge in [0.15, 0.2) is 0 Å². The molecule has 2 aromatic rings. The monoisotopic (exact) mass is 243 g/mol. The Balaban J connectivity index is 2.80. The fraction of sp³-hybridized carbons (Fsp3) is 0.214. The first kappa shape index (κ1) is 12.2. The molecule has 0 amide bonds. The summed E-state index contributed by atoms with van der Waals surface area (Å²) < 4.78 is 15.1. The normalized spacial score (nSPS) is 10.4. The van der Waals surface area contributed by atoms with Gasteiger partial charge >= 0.3 is 0 Å². The first-order valence-corrected chi connectivity index (χ1v) is 5.61. The zero-order valence-corrected chi connectivity index (χ0v) is 10.6. The van der Waals surface area contributed by atoms with E-state index in [9.17, 15) is 4.39 Å². The summed E-state index contributed by atoms with van der Waals surface area (Å²) in [4.78, 5) is 0. The Morgan fingerprint density at radius 1 is 1.28 bits per heavy atom. The van der Waals surface area contributed by atoms with Gasteiger partial charge in [-0.2, -0.15) is 5.26 Å². The van der Waals surface area contributed by atoms with Crippen LogP contribution in [0.2, 0.25) is 0 Å². The maximum Gasteiger partial charge on any atom is 0.126 e. The number of hydrogen-bond donors (Lipinski definition) is 1. The van der Waals surface area contributed by atoms with Gasteiger partial charge in [-0.25, -0.2) is 4.39 Å². The van der Waals surface area contributed by atoms with Crippen molar-refractivity contribution in [3.63, 3.8) is 0 Å². The molecule has 0 atom stereocenters. The highest BCUT2D eigenvalue weighted by Crippen LogP contribution is 2.29. The molecule has 0 spiro atoms. The molecule has 18 heavy (non-hydrogen) atoms. The lowest BCUT2D eigenvalue weighted by atomic mass is 10.2. The number of benzene rings is 1. The molecule has 3 nitrogen and oxygen atoms in total. The van der Waals surface area contributed by atoms with Crippen LogP contribution in [0.15, 0.2) is 18.2 Å². The van der Waals surface area contributed by atoms with E-state index >= 15 is 0 Å². The van der Waals surface area contributed by atoms with Gasteiger partial charge in [0, 0.05) is 5.69 Å². The highest BCUT2D eigenvalue weighted by atomic mass is 19.1. The number of anilines is 1. The molecule has 0 radical (unpaired) electrons. The third-order valence-corrected chi connectivity index (χ3v) is 3.27. The molecule has 0 saturated heterocycles. The third-order valence-electron chi connectivity index (χ3n) is 3.27. The number of nitrogen functional groups attached to an aromatic ring is 1. The van der Waals surface area contributed by atoms with Crippen molar-refractivity contribution in [1.82, 2.24) is 4.57 Å². The van der Waals surface area contributed by atoms with E-state index in [0.717, 1.165) is 16.8 Å². The predicted molar refractivity (Wildman–Crippen MR) is 69.1 cm³/mol. The van der Waals surface area contributed by atoms with E-state index in [1.165, 1.54) is 12.1 Å². The minimum Gasteiger partial charge on any atom is -0.384 e. The number of hydrogen-bond acceptors (Lipinski definition) is 2. The summed E-state index contributed by atoms with van der Waals surface area (Å²) >= 11 is 0. The summed E-state index contributed by atoms with van der Waals surface area (Å²) in [6, 6.07) is 6.63. The molecule has 0 fully saturated rings. The lowest BCUT2D eigenvalue weighted by molar-refractivity contribution is 0.626. The topological polar surface area (TPSA) is 54.7 Å². The van der Waals surface area contributed by atoms with Gasteiger partial charge in [-0.1, -0.05) is 6.07 Å². The molecule has 0 unspecified atom stereocenters. The maximum atomic E-state index is 13.4. The Kier molecular flexibility index (Phi) is 2.84. The van der Waals surface area contributed by atoms with Crippen LogP contribution in [0.25, 0.3) is 5.69 Å². The molecular weight excluding hydrogens is 229 g/mol. The van der Waals surface area contributed by atoms with Crippen LogP contribution >= 0.6 is 0 Å². The van der Waals surface area contributed by atoms with Crippen LogP contribution in [0.4, 0.5) is 10.2 Å². The SMILES string of the molecule is Cc1ccc(F)cc1-n1c(C)c(C)c(C#N)c1N. The first-order valence-electron chi connectivity index (χ1n) is 5.61. The maximum absolute atomic E-state index is 13.4. The van der Waals surface area contributed by atoms with E-state index in [1.54, 1.807) is 10.6 Å². The second-order valence-corrected chi connectivity index (χ2v) is 4.35. The molecule has 0 bridgehead atoms. The number of halogens is 1. The summed E-state index contributed by atoms with van der Waals surface area (Å²) in [5, 5.41) is 9.09. The standard InChI is InChI=1S/C14H14FN3/c1-8-4-5-11(15)6-13(8)18-10(3)9(2)12(7-16)14(18)17/h4-6H,17H2,1-3H3. The number of aryl methyl sites for hydroxylation is 1. The van der Waals surface area contributed by atoms with Crippen molar-refractivity contribution in [3.8, 4) is 11.8 Å². The molecule has 2 rings (SSSR count). The van der Waals surface area contributed by atoms with Gasteiger partial charge in [0.05, 0.1) is 11.3 Å². The minimum absolute atomic E-state index is 0.320. The van der Waals surface area contributed by atoms with Crippen molar-refractivity contribution in [2.45, 2.75) is 20.8 Å². The summed E-state index contributed by atoms with van der Waals surface area (Å²) in [5.74, 6) is 0.0421. The van der Waals surface area contributed by atoms with Crippen molar-refractivity contribution in [2.24, 2.45) is 0 Å². The quantitative estimate of drug-likeness (QED) is 0.837. The van der Waals surface area contributed by atoms with Crippen LogP contribution in [0.3, 0.4) is 0 Å². The average Bonchev–Trinajstić information content (AvgIpc) is 2.54. The van der Waals surface area contributed by atoms with Gasteiger partial charge in [0.1, 0.15) is 17.7 Å². The highest BCUT2D eigenvalue weighted by molar-refractivity contribution is 5.63. The number of nitriles is 1. The Hall–Kier alpha value is -2.28. The zero-order chi connectivity index (χ0) is 13.4. The molecule has 92 valence electrons. The van der Waals surface area contributed by atoms with Crippen molar-refractivity contribution < 1.29 is 4.39 Å². The average molecular weight is 243 g/mol. The van der Waals surface area contributed by atoms with Crippen molar-refractivity contribution >= 4 is 5.82 Å². The lowest BCUT2D eigenvalue weighted by Gasteiger charge is -2.12. The molecular formula is C14H14FN3. The molecule has 4 heteroatoms. The van der Waals surface area contributed by atoms with Crippen LogP contribution in [0.1, 0.15) is 22.4 Å². The molecule has 0 aliphatic carbocycles. The van der Waals surface area contributed by atoms with Gasteiger partial charge < -0.3 is 5.73 Å². The summed E-state index contributed by atoms with van der Waals surface area (Å²) in [6.07, 6.45) is 0. The Bertz CT molecular complexity index is 663. The van der Waals surface area contributed by atoms with Crippen LogP contribution in [0.5, 0.6) is 0 Å². The van der Waals surface area contributed by atoms with E-state index in [-0.39, 0.29) is 5.82 Å². The largest absolute Gasteiger partial charge is 0.384 e. The van der Waals surface area contributed by atoms with Gasteiger partial charge in [-0.3, -0.25) is 4.57 Å². The predicted octanol–water partition coefficient (Wildman–Crippen LogP) is 3.00. The van der Waals surface area contributed by atoms with Crippen LogP contribution < -0.4 is 5.73 Å². The molecule has 1 aromatic carbocycles. The molecule has 0 saturated carbocycles. The molecule has 1 heterocycles. The summed E-state index contributed by atoms with van der Waals surface area (Å²) in [5.41, 5.74) is 9.71. The van der Waals surface area contributed by atoms with Gasteiger partial charge in [0.25, 0.3) is 0 Å². The molecule has 0 aliphatic rings. The Morgan fingerprint density at radius 2 is 1.94 bits per heavy atom. The first-order chi connectivity index (χ1) is 8.47. The van der Waals surface area contributed by atoms with Crippen molar-refractivity contribution in [2.75, 3.05) is 5.73 Å². The van der Waals surface area contributed by atoms with E-state index in [2.05, 4.69) is 6.07 Å². The fourth-order valence-electron chi connectivity index (χ4n) is 2.11. The summed E-state index contributed by atoms with van der Waals surface area (Å²) in [6.45, 7) is 5.60. The van der Waals surface area contributed by atoms with E-state index in [0.29, 0.717) is 17.1 Å². The second-order valence-electron chi connectivity index (χ2n) is 4.35. The molecule has 2 N–H and O–H groups in total. The summed E-state index contributed by atoms with van der Waals surface area (Å²) in [7, 11) is 0. The highest BCUT2D eigenvalue weighted by Gasteiger charge is 2.17. The van der Waals surface area contributed by atoms with Gasteiger partial charge in [0.2, 0.25) is 0 Å². The Labute approximate surface area is 105 Å². The van der Waals surface area contributed by atoms with Crippen LogP contribution in [-0.2, 0) is 0 Å². The number of nitrogens with zero attached hydrogens (tertiary/aromatic N) is 2. The minimum atomic E-state index is -0.320. The Morgan fingerprint density at radius 3 is 2.50 bits per heavy atom. The number of nitrogens with two attached hydrogens (primary N) is 1. The number of rotatable bonds is 1. The third kappa shape index (κ3) is 1.65. The molecule has 0 aliphatic heterocycles. The second kappa shape index (κ2) is 4.19. The van der Waals surface area contributed by atoms with Gasteiger partial charge in [-0.15, -0.1) is 0 Å². The van der Waals surface area contributed by atoms with E-state index < -0.39 is 0 Å². The van der Waals surface area contributed by atoms with E-state index in [1.807, 2.05) is 20.8 Å². The van der Waals surface area contributed by atoms with Crippen molar-refractivity contribution in [1.29, 1.82) is 5.26 Å². The molecule has 1 aromatic heterocycles. The van der Waals surface area contributed by atoms with Gasteiger partial charge in [-0.05, 0) is 44.0 Å². The smallest absolute Gasteiger partial charge is 0.126 e. The van der Waals surface area contributed by atoms with Crippen molar-refractivity contribution in [3.05, 3.63) is 46.4 Å². The van der Waals surface area contributed by atoms with Crippen LogP contribution in [-0.4, -0.2) is 4.57 Å². The van der Waals surface area contributed by atoms with Crippen LogP contribution in [0, 0.1) is 37.9 Å². The fourth-order valence-corrected chi connectivity index (χ4v) is 2.11.